The minimum atomic E-state index is -0.974. The number of hydrogen-bond acceptors (Lipinski definition) is 7. The average molecular weight is 672 g/mol. The lowest BCUT2D eigenvalue weighted by molar-refractivity contribution is -0.151. The molecule has 1 aliphatic rings. The smallest absolute Gasteiger partial charge is 0.408 e. The fraction of sp³-hybridized carbons (Fsp3) is 0.436. The number of hydrogen-bond donors (Lipinski definition) is 1. The molecule has 1 N–H and O–H groups in total. The lowest BCUT2D eigenvalue weighted by Gasteiger charge is -2.43. The number of amides is 3. The zero-order valence-electron chi connectivity index (χ0n) is 30.0. The fourth-order valence-electron chi connectivity index (χ4n) is 5.95. The summed E-state index contributed by atoms with van der Waals surface area (Å²) in [5, 5.41) is 2.81. The van der Waals surface area contributed by atoms with E-state index in [1.54, 1.807) is 61.9 Å². The zero-order chi connectivity index (χ0) is 36.1. The third-order valence-corrected chi connectivity index (χ3v) is 8.65. The quantitative estimate of drug-likeness (QED) is 0.260. The van der Waals surface area contributed by atoms with Gasteiger partial charge in [-0.2, -0.15) is 0 Å². The molecule has 262 valence electrons. The number of carbonyl (C=O) groups is 4. The molecule has 0 aromatic heterocycles. The lowest BCUT2D eigenvalue weighted by Crippen LogP contribution is -2.61. The molecule has 10 heteroatoms. The van der Waals surface area contributed by atoms with Gasteiger partial charge in [0, 0.05) is 19.5 Å². The molecule has 3 unspecified atom stereocenters. The molecule has 0 saturated heterocycles. The highest BCUT2D eigenvalue weighted by Gasteiger charge is 2.44. The topological polar surface area (TPSA) is 114 Å². The maximum absolute atomic E-state index is 15.0. The van der Waals surface area contributed by atoms with Gasteiger partial charge < -0.3 is 29.3 Å². The van der Waals surface area contributed by atoms with Gasteiger partial charge in [-0.05, 0) is 79.6 Å². The summed E-state index contributed by atoms with van der Waals surface area (Å²) in [6.07, 6.45) is -0.406. The van der Waals surface area contributed by atoms with Gasteiger partial charge in [-0.25, -0.2) is 9.59 Å². The molecule has 3 aromatic carbocycles. The molecule has 1 heterocycles. The maximum Gasteiger partial charge on any atom is 0.408 e. The summed E-state index contributed by atoms with van der Waals surface area (Å²) in [6.45, 7) is 13.2. The van der Waals surface area contributed by atoms with E-state index in [4.69, 9.17) is 14.2 Å². The number of alkyl carbamates (subject to hydrolysis) is 1. The Balaban J connectivity index is 1.77. The van der Waals surface area contributed by atoms with Crippen LogP contribution in [0.2, 0.25) is 0 Å². The molecule has 3 amide bonds. The monoisotopic (exact) mass is 671 g/mol. The van der Waals surface area contributed by atoms with Crippen LogP contribution >= 0.6 is 0 Å². The predicted octanol–water partition coefficient (Wildman–Crippen LogP) is 6.46. The Bertz CT molecular complexity index is 1660. The van der Waals surface area contributed by atoms with Crippen molar-refractivity contribution in [3.05, 3.63) is 101 Å². The number of esters is 1. The van der Waals surface area contributed by atoms with E-state index in [0.717, 1.165) is 22.3 Å². The molecule has 10 nitrogen and oxygen atoms in total. The molecule has 4 rings (SSSR count). The molecular weight excluding hydrogens is 622 g/mol. The summed E-state index contributed by atoms with van der Waals surface area (Å²) in [4.78, 5) is 58.1. The van der Waals surface area contributed by atoms with Crippen molar-refractivity contribution in [2.75, 3.05) is 14.2 Å². The molecule has 0 spiro atoms. The lowest BCUT2D eigenvalue weighted by atomic mass is 9.84. The van der Waals surface area contributed by atoms with Crippen LogP contribution in [0.5, 0.6) is 5.75 Å². The van der Waals surface area contributed by atoms with E-state index in [-0.39, 0.29) is 24.9 Å². The number of nitrogens with one attached hydrogen (secondary N) is 1. The minimum absolute atomic E-state index is 0.198. The van der Waals surface area contributed by atoms with Crippen molar-refractivity contribution >= 4 is 23.9 Å². The number of nitrogens with zero attached hydrogens (tertiary/aromatic N) is 2. The molecule has 3 atom stereocenters. The summed E-state index contributed by atoms with van der Waals surface area (Å²) in [5.41, 5.74) is 2.51. The van der Waals surface area contributed by atoms with E-state index >= 15 is 4.79 Å². The molecule has 0 aliphatic carbocycles. The largest absolute Gasteiger partial charge is 0.497 e. The van der Waals surface area contributed by atoms with Crippen molar-refractivity contribution in [3.8, 4) is 5.75 Å². The summed E-state index contributed by atoms with van der Waals surface area (Å²) in [7, 11) is 2.92. The van der Waals surface area contributed by atoms with E-state index in [1.807, 2.05) is 76.2 Å². The van der Waals surface area contributed by atoms with Crippen molar-refractivity contribution in [3.63, 3.8) is 0 Å². The van der Waals surface area contributed by atoms with Gasteiger partial charge in [0.25, 0.3) is 0 Å². The highest BCUT2D eigenvalue weighted by molar-refractivity contribution is 5.93. The van der Waals surface area contributed by atoms with E-state index in [1.165, 1.54) is 7.11 Å². The third-order valence-electron chi connectivity index (χ3n) is 8.65. The summed E-state index contributed by atoms with van der Waals surface area (Å²) < 4.78 is 15.9. The van der Waals surface area contributed by atoms with Crippen LogP contribution in [0.1, 0.15) is 87.1 Å². The first-order chi connectivity index (χ1) is 23.0. The Morgan fingerprint density at radius 3 is 2.14 bits per heavy atom. The normalized spacial score (nSPS) is 15.7. The second-order valence-corrected chi connectivity index (χ2v) is 14.5. The highest BCUT2D eigenvalue weighted by Crippen LogP contribution is 2.32. The number of carbonyl (C=O) groups excluding carboxylic acids is 4. The first kappa shape index (κ1) is 37.0. The van der Waals surface area contributed by atoms with Gasteiger partial charge in [0.1, 0.15) is 23.4 Å². The van der Waals surface area contributed by atoms with Crippen LogP contribution < -0.4 is 10.1 Å². The first-order valence-electron chi connectivity index (χ1n) is 16.5. The number of methoxy groups -OCH3 is 2. The van der Waals surface area contributed by atoms with Gasteiger partial charge in [0.05, 0.1) is 25.8 Å². The van der Waals surface area contributed by atoms with Crippen molar-refractivity contribution in [1.29, 1.82) is 0 Å². The zero-order valence-corrected chi connectivity index (χ0v) is 30.0. The Morgan fingerprint density at radius 1 is 0.898 bits per heavy atom. The fourth-order valence-corrected chi connectivity index (χ4v) is 5.95. The van der Waals surface area contributed by atoms with E-state index in [2.05, 4.69) is 5.32 Å². The van der Waals surface area contributed by atoms with Crippen molar-refractivity contribution in [2.24, 2.45) is 5.41 Å². The van der Waals surface area contributed by atoms with Crippen LogP contribution in [-0.2, 0) is 38.6 Å². The maximum atomic E-state index is 15.0. The van der Waals surface area contributed by atoms with Gasteiger partial charge in [-0.1, -0.05) is 69.3 Å². The van der Waals surface area contributed by atoms with Gasteiger partial charge in [0.2, 0.25) is 11.8 Å². The Labute approximate surface area is 289 Å². The SMILES string of the molecule is COC(=O)c1ccc(CN(C(=O)C2Cc3ccccc3CN2C(=O)C(NC(=O)OC(C)(C)C)C(C)(C)C)C(C)c2cccc(OC)c2)cc1. The number of fused-ring (bicyclic) bond motifs is 1. The van der Waals surface area contributed by atoms with Crippen LogP contribution in [0.4, 0.5) is 4.79 Å². The van der Waals surface area contributed by atoms with Gasteiger partial charge in [-0.15, -0.1) is 0 Å². The Kier molecular flexibility index (Phi) is 11.4. The van der Waals surface area contributed by atoms with E-state index in [9.17, 15) is 14.4 Å². The Hall–Kier alpha value is -4.86. The second kappa shape index (κ2) is 15.1. The van der Waals surface area contributed by atoms with Gasteiger partial charge in [0.15, 0.2) is 0 Å². The van der Waals surface area contributed by atoms with Gasteiger partial charge in [-0.3, -0.25) is 9.59 Å². The average Bonchev–Trinajstić information content (AvgIpc) is 3.06. The standard InChI is InChI=1S/C39H49N3O7/c1-25(28-15-12-16-31(21-28)47-8)41(23-26-17-19-27(20-18-26)36(45)48-9)34(43)32-22-29-13-10-11-14-30(29)24-42(32)35(44)33(38(2,3)4)40-37(46)49-39(5,6)7/h10-21,25,32-33H,22-24H2,1-9H3,(H,40,46). The van der Waals surface area contributed by atoms with Crippen molar-refractivity contribution < 1.29 is 33.4 Å². The number of benzene rings is 3. The van der Waals surface area contributed by atoms with Crippen LogP contribution in [0.25, 0.3) is 0 Å². The van der Waals surface area contributed by atoms with Crippen molar-refractivity contribution in [2.45, 2.75) is 91.7 Å². The van der Waals surface area contributed by atoms with Crippen LogP contribution in [0.15, 0.2) is 72.8 Å². The molecule has 1 aliphatic heterocycles. The summed E-state index contributed by atoms with van der Waals surface area (Å²) in [5.74, 6) is -0.417. The van der Waals surface area contributed by atoms with Crippen LogP contribution in [0.3, 0.4) is 0 Å². The highest BCUT2D eigenvalue weighted by atomic mass is 16.6. The number of ether oxygens (including phenoxy) is 3. The molecule has 0 radical (unpaired) electrons. The molecule has 3 aromatic rings. The summed E-state index contributed by atoms with van der Waals surface area (Å²) in [6, 6.07) is 20.0. The molecule has 49 heavy (non-hydrogen) atoms. The van der Waals surface area contributed by atoms with E-state index < -0.39 is 41.2 Å². The molecule has 0 saturated carbocycles. The Morgan fingerprint density at radius 2 is 1.55 bits per heavy atom. The third kappa shape index (κ3) is 9.19. The minimum Gasteiger partial charge on any atom is -0.497 e. The first-order valence-corrected chi connectivity index (χ1v) is 16.5. The molecular formula is C39H49N3O7. The van der Waals surface area contributed by atoms with Crippen molar-refractivity contribution in [1.82, 2.24) is 15.1 Å². The van der Waals surface area contributed by atoms with Crippen LogP contribution in [-0.4, -0.2) is 65.6 Å². The number of rotatable bonds is 9. The molecule has 0 bridgehead atoms. The summed E-state index contributed by atoms with van der Waals surface area (Å²) >= 11 is 0. The van der Waals surface area contributed by atoms with E-state index in [0.29, 0.717) is 17.7 Å². The van der Waals surface area contributed by atoms with Crippen LogP contribution in [0, 0.1) is 5.41 Å². The van der Waals surface area contributed by atoms with Gasteiger partial charge >= 0.3 is 12.1 Å². The predicted molar refractivity (Wildman–Crippen MR) is 187 cm³/mol. The second-order valence-electron chi connectivity index (χ2n) is 14.5. The molecule has 0 fully saturated rings.